The normalized spacial score (nSPS) is 11.5. The van der Waals surface area contributed by atoms with E-state index >= 15 is 0 Å². The Morgan fingerprint density at radius 2 is 1.92 bits per heavy atom. The number of rotatable bonds is 4. The molecular formula is C7H12N2O4. The van der Waals surface area contributed by atoms with Crippen LogP contribution in [-0.2, 0) is 9.59 Å². The molecule has 0 bridgehead atoms. The van der Waals surface area contributed by atoms with Crippen LogP contribution in [0, 0.1) is 0 Å². The zero-order valence-corrected chi connectivity index (χ0v) is 7.46. The fourth-order valence-electron chi connectivity index (χ4n) is 0.718. The van der Waals surface area contributed by atoms with Gasteiger partial charge in [-0.25, -0.2) is 9.59 Å². The lowest BCUT2D eigenvalue weighted by molar-refractivity contribution is -0.140. The van der Waals surface area contributed by atoms with Crippen LogP contribution in [0.5, 0.6) is 0 Å². The largest absolute Gasteiger partial charge is 0.480 e. The van der Waals surface area contributed by atoms with Crippen molar-refractivity contribution in [1.82, 2.24) is 10.6 Å². The zero-order valence-electron chi connectivity index (χ0n) is 7.46. The molecule has 3 N–H and O–H groups in total. The van der Waals surface area contributed by atoms with Gasteiger partial charge in [0, 0.05) is 13.5 Å². The molecule has 6 nitrogen and oxygen atoms in total. The quantitative estimate of drug-likeness (QED) is 0.546. The van der Waals surface area contributed by atoms with Crippen LogP contribution in [-0.4, -0.2) is 36.0 Å². The summed E-state index contributed by atoms with van der Waals surface area (Å²) in [5.74, 6) is -1.51. The van der Waals surface area contributed by atoms with E-state index in [0.29, 0.717) is 0 Å². The topological polar surface area (TPSA) is 95.5 Å². The van der Waals surface area contributed by atoms with Gasteiger partial charge in [-0.05, 0) is 6.92 Å². The number of aliphatic carboxylic acids is 1. The van der Waals surface area contributed by atoms with Crippen LogP contribution < -0.4 is 10.6 Å². The maximum Gasteiger partial charge on any atom is 0.326 e. The molecule has 1 unspecified atom stereocenters. The number of urea groups is 1. The number of carbonyl (C=O) groups is 3. The molecule has 0 aliphatic carbocycles. The minimum atomic E-state index is -1.22. The van der Waals surface area contributed by atoms with Crippen molar-refractivity contribution in [2.24, 2.45) is 0 Å². The van der Waals surface area contributed by atoms with Crippen molar-refractivity contribution in [2.45, 2.75) is 19.4 Å². The summed E-state index contributed by atoms with van der Waals surface area (Å²) in [6, 6.07) is -1.77. The Balaban J connectivity index is 4.18. The summed E-state index contributed by atoms with van der Waals surface area (Å²) in [6.45, 7) is 1.27. The van der Waals surface area contributed by atoms with E-state index in [-0.39, 0.29) is 12.2 Å². The van der Waals surface area contributed by atoms with E-state index in [1.807, 2.05) is 0 Å². The lowest BCUT2D eigenvalue weighted by atomic mass is 10.1. The summed E-state index contributed by atoms with van der Waals surface area (Å²) in [5, 5.41) is 12.9. The van der Waals surface area contributed by atoms with Crippen LogP contribution >= 0.6 is 0 Å². The molecule has 74 valence electrons. The van der Waals surface area contributed by atoms with Crippen LogP contribution in [0.3, 0.4) is 0 Å². The first-order chi connectivity index (χ1) is 5.97. The van der Waals surface area contributed by atoms with Gasteiger partial charge in [-0.3, -0.25) is 4.79 Å². The van der Waals surface area contributed by atoms with Gasteiger partial charge in [-0.2, -0.15) is 0 Å². The third-order valence-electron chi connectivity index (χ3n) is 1.32. The summed E-state index contributed by atoms with van der Waals surface area (Å²) in [7, 11) is 1.36. The molecule has 0 fully saturated rings. The smallest absolute Gasteiger partial charge is 0.326 e. The SMILES string of the molecule is CNC(=O)NC(CC(C)=O)C(=O)O. The number of carboxylic acid groups (broad SMARTS) is 1. The highest BCUT2D eigenvalue weighted by Gasteiger charge is 2.20. The van der Waals surface area contributed by atoms with Gasteiger partial charge in [0.05, 0.1) is 0 Å². The van der Waals surface area contributed by atoms with Crippen molar-refractivity contribution in [3.8, 4) is 0 Å². The van der Waals surface area contributed by atoms with Crippen molar-refractivity contribution in [1.29, 1.82) is 0 Å². The van der Waals surface area contributed by atoms with Gasteiger partial charge in [0.1, 0.15) is 11.8 Å². The first-order valence-electron chi connectivity index (χ1n) is 3.68. The van der Waals surface area contributed by atoms with E-state index in [9.17, 15) is 14.4 Å². The van der Waals surface area contributed by atoms with E-state index in [4.69, 9.17) is 5.11 Å². The van der Waals surface area contributed by atoms with E-state index in [1.54, 1.807) is 0 Å². The highest BCUT2D eigenvalue weighted by atomic mass is 16.4. The third kappa shape index (κ3) is 4.78. The van der Waals surface area contributed by atoms with Crippen LogP contribution in [0.2, 0.25) is 0 Å². The van der Waals surface area contributed by atoms with Crippen LogP contribution in [0.15, 0.2) is 0 Å². The van der Waals surface area contributed by atoms with Gasteiger partial charge in [-0.15, -0.1) is 0 Å². The maximum absolute atomic E-state index is 10.7. The third-order valence-corrected chi connectivity index (χ3v) is 1.32. The molecule has 2 amide bonds. The molecule has 0 aromatic carbocycles. The predicted octanol–water partition coefficient (Wildman–Crippen LogP) is -0.652. The highest BCUT2D eigenvalue weighted by molar-refractivity contribution is 5.87. The summed E-state index contributed by atoms with van der Waals surface area (Å²) in [5.41, 5.74) is 0. The average Bonchev–Trinajstić information content (AvgIpc) is 2.02. The predicted molar refractivity (Wildman–Crippen MR) is 44.3 cm³/mol. The van der Waals surface area contributed by atoms with Crippen LogP contribution in [0.25, 0.3) is 0 Å². The molecule has 6 heteroatoms. The molecule has 0 radical (unpaired) electrons. The monoisotopic (exact) mass is 188 g/mol. The lowest BCUT2D eigenvalue weighted by Gasteiger charge is -2.11. The second-order valence-electron chi connectivity index (χ2n) is 2.52. The average molecular weight is 188 g/mol. The highest BCUT2D eigenvalue weighted by Crippen LogP contribution is 1.93. The van der Waals surface area contributed by atoms with E-state index < -0.39 is 18.0 Å². The Hall–Kier alpha value is -1.59. The fraction of sp³-hybridized carbons (Fsp3) is 0.571. The van der Waals surface area contributed by atoms with Crippen LogP contribution in [0.4, 0.5) is 4.79 Å². The summed E-state index contributed by atoms with van der Waals surface area (Å²) >= 11 is 0. The molecule has 13 heavy (non-hydrogen) atoms. The Morgan fingerprint density at radius 1 is 1.38 bits per heavy atom. The molecule has 0 aliphatic heterocycles. The second kappa shape index (κ2) is 5.13. The number of ketones is 1. The molecule has 1 atom stereocenters. The van der Waals surface area contributed by atoms with Crippen LogP contribution in [0.1, 0.15) is 13.3 Å². The molecule has 0 spiro atoms. The molecule has 0 saturated carbocycles. The molecule has 0 heterocycles. The van der Waals surface area contributed by atoms with Gasteiger partial charge >= 0.3 is 12.0 Å². The summed E-state index contributed by atoms with van der Waals surface area (Å²) in [6.07, 6.45) is -0.206. The maximum atomic E-state index is 10.7. The van der Waals surface area contributed by atoms with E-state index in [2.05, 4.69) is 10.6 Å². The first kappa shape index (κ1) is 11.4. The number of Topliss-reactive ketones (excluding diaryl/α,β-unsaturated/α-hetero) is 1. The second-order valence-corrected chi connectivity index (χ2v) is 2.52. The summed E-state index contributed by atoms with van der Waals surface area (Å²) < 4.78 is 0. The molecule has 0 aromatic heterocycles. The molecule has 0 aromatic rings. The zero-order chi connectivity index (χ0) is 10.4. The molecule has 0 saturated heterocycles. The Morgan fingerprint density at radius 3 is 2.23 bits per heavy atom. The molecule has 0 aliphatic rings. The number of amides is 2. The van der Waals surface area contributed by atoms with Crippen molar-refractivity contribution >= 4 is 17.8 Å². The number of hydrogen-bond donors (Lipinski definition) is 3. The van der Waals surface area contributed by atoms with Gasteiger partial charge in [-0.1, -0.05) is 0 Å². The minimum Gasteiger partial charge on any atom is -0.480 e. The Bertz CT molecular complexity index is 227. The van der Waals surface area contributed by atoms with Gasteiger partial charge in [0.2, 0.25) is 0 Å². The van der Waals surface area contributed by atoms with E-state index in [1.165, 1.54) is 14.0 Å². The Kier molecular flexibility index (Phi) is 4.50. The van der Waals surface area contributed by atoms with Gasteiger partial charge in [0.15, 0.2) is 0 Å². The number of carboxylic acids is 1. The van der Waals surface area contributed by atoms with Gasteiger partial charge < -0.3 is 15.7 Å². The van der Waals surface area contributed by atoms with Crippen molar-refractivity contribution in [2.75, 3.05) is 7.05 Å². The van der Waals surface area contributed by atoms with Gasteiger partial charge in [0.25, 0.3) is 0 Å². The summed E-state index contributed by atoms with van der Waals surface area (Å²) in [4.78, 5) is 31.8. The fourth-order valence-corrected chi connectivity index (χ4v) is 0.718. The standard InChI is InChI=1S/C7H12N2O4/c1-4(10)3-5(6(11)12)9-7(13)8-2/h5H,3H2,1-2H3,(H,11,12)(H2,8,9,13). The van der Waals surface area contributed by atoms with Crippen molar-refractivity contribution < 1.29 is 19.5 Å². The number of hydrogen-bond acceptors (Lipinski definition) is 3. The minimum absolute atomic E-state index is 0.206. The molecular weight excluding hydrogens is 176 g/mol. The number of carbonyl (C=O) groups excluding carboxylic acids is 2. The Labute approximate surface area is 75.3 Å². The first-order valence-corrected chi connectivity index (χ1v) is 3.68. The molecule has 0 rings (SSSR count). The van der Waals surface area contributed by atoms with Crippen molar-refractivity contribution in [3.63, 3.8) is 0 Å². The van der Waals surface area contributed by atoms with E-state index in [0.717, 1.165) is 0 Å². The van der Waals surface area contributed by atoms with Crippen molar-refractivity contribution in [3.05, 3.63) is 0 Å². The lowest BCUT2D eigenvalue weighted by Crippen LogP contribution is -2.45. The number of nitrogens with one attached hydrogen (secondary N) is 2.